The van der Waals surface area contributed by atoms with Crippen molar-refractivity contribution in [1.82, 2.24) is 20.5 Å². The minimum Gasteiger partial charge on any atom is -0.497 e. The largest absolute Gasteiger partial charge is 0.497 e. The average Bonchev–Trinajstić information content (AvgIpc) is 3.54. The third-order valence-corrected chi connectivity index (χ3v) is 7.36. The second kappa shape index (κ2) is 12.1. The number of thiazole rings is 1. The highest BCUT2D eigenvalue weighted by Crippen LogP contribution is 2.35. The number of aryl methyl sites for hydroxylation is 2. The maximum atomic E-state index is 13.4. The number of methoxy groups -OCH3 is 1. The lowest BCUT2D eigenvalue weighted by atomic mass is 10.0. The van der Waals surface area contributed by atoms with Gasteiger partial charge in [-0.3, -0.25) is 9.59 Å². The molecule has 4 rings (SSSR count). The molecule has 0 unspecified atom stereocenters. The summed E-state index contributed by atoms with van der Waals surface area (Å²) in [6, 6.07) is 13.4. The third kappa shape index (κ3) is 6.50. The molecule has 0 spiro atoms. The van der Waals surface area contributed by atoms with E-state index in [0.717, 1.165) is 59.9 Å². The summed E-state index contributed by atoms with van der Waals surface area (Å²) in [6.45, 7) is 6.68. The molecule has 2 amide bonds. The minimum absolute atomic E-state index is 0.0125. The Balaban J connectivity index is 1.29. The first-order valence-corrected chi connectivity index (χ1v) is 13.3. The Morgan fingerprint density at radius 1 is 1.14 bits per heavy atom. The molecule has 7 nitrogen and oxygen atoms in total. The quantitative estimate of drug-likeness (QED) is 0.391. The lowest BCUT2D eigenvalue weighted by Crippen LogP contribution is -2.31. The summed E-state index contributed by atoms with van der Waals surface area (Å²) in [6.07, 6.45) is 2.68. The van der Waals surface area contributed by atoms with E-state index in [-0.39, 0.29) is 17.9 Å². The third-order valence-electron chi connectivity index (χ3n) is 6.30. The summed E-state index contributed by atoms with van der Waals surface area (Å²) in [7, 11) is 1.66. The molecule has 36 heavy (non-hydrogen) atoms. The van der Waals surface area contributed by atoms with E-state index in [4.69, 9.17) is 4.74 Å². The molecule has 1 aromatic heterocycles. The number of ether oxygens (including phenoxy) is 1. The van der Waals surface area contributed by atoms with Gasteiger partial charge < -0.3 is 20.3 Å². The van der Waals surface area contributed by atoms with Gasteiger partial charge in [-0.25, -0.2) is 4.98 Å². The number of rotatable bonds is 10. The van der Waals surface area contributed by atoms with Crippen LogP contribution in [0.5, 0.6) is 5.75 Å². The van der Waals surface area contributed by atoms with E-state index < -0.39 is 0 Å². The SMILES string of the molecule is COc1cccc(CNCCCNC(=O)c2cc(C)cc(C(=O)N3CCC[C@@H]3c3nc(C)cs3)c2)c1. The first-order chi connectivity index (χ1) is 17.4. The molecule has 2 heterocycles. The summed E-state index contributed by atoms with van der Waals surface area (Å²) < 4.78 is 5.25. The van der Waals surface area contributed by atoms with E-state index in [2.05, 4.69) is 21.7 Å². The van der Waals surface area contributed by atoms with Crippen LogP contribution in [0.25, 0.3) is 0 Å². The smallest absolute Gasteiger partial charge is 0.254 e. The van der Waals surface area contributed by atoms with E-state index in [1.807, 2.05) is 54.5 Å². The topological polar surface area (TPSA) is 83.6 Å². The molecule has 2 aromatic carbocycles. The number of benzene rings is 2. The summed E-state index contributed by atoms with van der Waals surface area (Å²) >= 11 is 1.61. The van der Waals surface area contributed by atoms with Gasteiger partial charge in [0.15, 0.2) is 0 Å². The fourth-order valence-electron chi connectivity index (χ4n) is 4.53. The fourth-order valence-corrected chi connectivity index (χ4v) is 5.47. The van der Waals surface area contributed by atoms with Crippen molar-refractivity contribution in [2.24, 2.45) is 0 Å². The molecule has 0 bridgehead atoms. The van der Waals surface area contributed by atoms with Crippen molar-refractivity contribution in [3.05, 3.63) is 80.8 Å². The van der Waals surface area contributed by atoms with E-state index in [1.165, 1.54) is 0 Å². The van der Waals surface area contributed by atoms with Crippen molar-refractivity contribution >= 4 is 23.2 Å². The van der Waals surface area contributed by atoms with Gasteiger partial charge in [0.05, 0.1) is 13.2 Å². The zero-order valence-electron chi connectivity index (χ0n) is 21.2. The van der Waals surface area contributed by atoms with Crippen LogP contribution in [0.4, 0.5) is 0 Å². The Labute approximate surface area is 216 Å². The number of carbonyl (C=O) groups excluding carboxylic acids is 2. The number of carbonyl (C=O) groups is 2. The van der Waals surface area contributed by atoms with Crippen LogP contribution >= 0.6 is 11.3 Å². The van der Waals surface area contributed by atoms with Crippen molar-refractivity contribution in [1.29, 1.82) is 0 Å². The van der Waals surface area contributed by atoms with Gasteiger partial charge >= 0.3 is 0 Å². The van der Waals surface area contributed by atoms with Gasteiger partial charge in [0.2, 0.25) is 0 Å². The summed E-state index contributed by atoms with van der Waals surface area (Å²) in [4.78, 5) is 32.8. The number of nitrogens with one attached hydrogen (secondary N) is 2. The Morgan fingerprint density at radius 3 is 2.75 bits per heavy atom. The maximum absolute atomic E-state index is 13.4. The number of nitrogens with zero attached hydrogens (tertiary/aromatic N) is 2. The Bertz CT molecular complexity index is 1210. The number of hydrogen-bond donors (Lipinski definition) is 2. The van der Waals surface area contributed by atoms with E-state index in [1.54, 1.807) is 24.5 Å². The van der Waals surface area contributed by atoms with E-state index >= 15 is 0 Å². The Hall–Kier alpha value is -3.23. The molecule has 0 radical (unpaired) electrons. The highest BCUT2D eigenvalue weighted by atomic mass is 32.1. The van der Waals surface area contributed by atoms with Gasteiger partial charge in [0.1, 0.15) is 10.8 Å². The van der Waals surface area contributed by atoms with Crippen LogP contribution in [-0.2, 0) is 6.54 Å². The highest BCUT2D eigenvalue weighted by Gasteiger charge is 2.32. The molecular weight excluding hydrogens is 472 g/mol. The van der Waals surface area contributed by atoms with Crippen molar-refractivity contribution < 1.29 is 14.3 Å². The molecule has 1 aliphatic rings. The highest BCUT2D eigenvalue weighted by molar-refractivity contribution is 7.09. The van der Waals surface area contributed by atoms with Crippen LogP contribution in [-0.4, -0.2) is 48.4 Å². The molecule has 3 aromatic rings. The average molecular weight is 507 g/mol. The molecule has 190 valence electrons. The lowest BCUT2D eigenvalue weighted by Gasteiger charge is -2.23. The van der Waals surface area contributed by atoms with Crippen LogP contribution < -0.4 is 15.4 Å². The van der Waals surface area contributed by atoms with Crippen LogP contribution in [0.15, 0.2) is 47.8 Å². The second-order valence-electron chi connectivity index (χ2n) is 9.21. The maximum Gasteiger partial charge on any atom is 0.254 e. The first-order valence-electron chi connectivity index (χ1n) is 12.4. The van der Waals surface area contributed by atoms with Gasteiger partial charge in [-0.05, 0) is 81.1 Å². The van der Waals surface area contributed by atoms with Crippen molar-refractivity contribution in [2.45, 2.75) is 45.7 Å². The first kappa shape index (κ1) is 25.9. The summed E-state index contributed by atoms with van der Waals surface area (Å²) in [5, 5.41) is 9.39. The molecule has 8 heteroatoms. The number of hydrogen-bond acceptors (Lipinski definition) is 6. The number of likely N-dealkylation sites (tertiary alicyclic amines) is 1. The van der Waals surface area contributed by atoms with Gasteiger partial charge in [-0.2, -0.15) is 0 Å². The molecule has 1 saturated heterocycles. The van der Waals surface area contributed by atoms with Crippen molar-refractivity contribution in [3.63, 3.8) is 0 Å². The predicted molar refractivity (Wildman–Crippen MR) is 143 cm³/mol. The second-order valence-corrected chi connectivity index (χ2v) is 10.1. The Kier molecular flexibility index (Phi) is 8.72. The predicted octanol–water partition coefficient (Wildman–Crippen LogP) is 4.66. The summed E-state index contributed by atoms with van der Waals surface area (Å²) in [5.41, 5.74) is 4.11. The van der Waals surface area contributed by atoms with Crippen molar-refractivity contribution in [2.75, 3.05) is 26.7 Å². The monoisotopic (exact) mass is 506 g/mol. The van der Waals surface area contributed by atoms with Gasteiger partial charge in [0.25, 0.3) is 11.8 Å². The zero-order chi connectivity index (χ0) is 25.5. The molecule has 1 aliphatic heterocycles. The zero-order valence-corrected chi connectivity index (χ0v) is 22.0. The standard InChI is InChI=1S/C28H34N4O3S/c1-19-13-22(26(33)30-11-6-10-29-17-21-7-4-8-24(15-21)35-3)16-23(14-19)28(34)32-12-5-9-25(32)27-31-20(2)18-36-27/h4,7-8,13-16,18,25,29H,5-6,9-12,17H2,1-3H3,(H,30,33)/t25-/m1/s1. The van der Waals surface area contributed by atoms with Crippen molar-refractivity contribution in [3.8, 4) is 5.75 Å². The van der Waals surface area contributed by atoms with Crippen LogP contribution in [0.3, 0.4) is 0 Å². The van der Waals surface area contributed by atoms with E-state index in [9.17, 15) is 9.59 Å². The molecule has 1 atom stereocenters. The van der Waals surface area contributed by atoms with Gasteiger partial charge in [0, 0.05) is 41.8 Å². The number of aromatic nitrogens is 1. The molecule has 0 saturated carbocycles. The van der Waals surface area contributed by atoms with Gasteiger partial charge in [-0.15, -0.1) is 11.3 Å². The Morgan fingerprint density at radius 2 is 1.97 bits per heavy atom. The molecule has 1 fully saturated rings. The van der Waals surface area contributed by atoms with Crippen LogP contribution in [0, 0.1) is 13.8 Å². The number of amides is 2. The van der Waals surface area contributed by atoms with Crippen LogP contribution in [0.1, 0.15) is 67.8 Å². The molecular formula is C28H34N4O3S. The van der Waals surface area contributed by atoms with E-state index in [0.29, 0.717) is 24.2 Å². The normalized spacial score (nSPS) is 15.2. The van der Waals surface area contributed by atoms with Gasteiger partial charge in [-0.1, -0.05) is 12.1 Å². The molecule has 2 N–H and O–H groups in total. The molecule has 0 aliphatic carbocycles. The summed E-state index contributed by atoms with van der Waals surface area (Å²) in [5.74, 6) is 0.648. The fraction of sp³-hybridized carbons (Fsp3) is 0.393. The lowest BCUT2D eigenvalue weighted by molar-refractivity contribution is 0.0735. The van der Waals surface area contributed by atoms with Crippen LogP contribution in [0.2, 0.25) is 0 Å². The minimum atomic E-state index is -0.158.